The summed E-state index contributed by atoms with van der Waals surface area (Å²) in [5.74, 6) is -3.29. The van der Waals surface area contributed by atoms with Crippen LogP contribution in [0, 0.1) is 23.5 Å². The number of rotatable bonds is 4. The predicted octanol–water partition coefficient (Wildman–Crippen LogP) is 3.31. The molecule has 3 unspecified atom stereocenters. The highest BCUT2D eigenvalue weighted by molar-refractivity contribution is 7.80. The zero-order valence-electron chi connectivity index (χ0n) is 18.3. The van der Waals surface area contributed by atoms with Crippen molar-refractivity contribution in [3.8, 4) is 11.5 Å². The maximum Gasteiger partial charge on any atom is 0.316 e. The normalized spacial score (nSPS) is 24.5. The van der Waals surface area contributed by atoms with Gasteiger partial charge in [0.25, 0.3) is 0 Å². The molecule has 4 rings (SSSR count). The monoisotopic (exact) mass is 478 g/mol. The highest BCUT2D eigenvalue weighted by atomic mass is 32.1. The van der Waals surface area contributed by atoms with E-state index in [1.807, 2.05) is 0 Å². The number of fused-ring (bicyclic) bond motifs is 1. The number of hydrogen-bond acceptors (Lipinski definition) is 6. The third kappa shape index (κ3) is 3.87. The van der Waals surface area contributed by atoms with Gasteiger partial charge in [0.05, 0.1) is 18.8 Å². The van der Waals surface area contributed by atoms with Gasteiger partial charge in [0, 0.05) is 23.6 Å². The average Bonchev–Trinajstić information content (AvgIpc) is 2.78. The molecule has 3 atom stereocenters. The molecule has 176 valence electrons. The lowest BCUT2D eigenvalue weighted by molar-refractivity contribution is -0.163. The van der Waals surface area contributed by atoms with Crippen LogP contribution in [0.3, 0.4) is 0 Å². The molecule has 0 amide bonds. The largest absolute Gasteiger partial charge is 0.486 e. The van der Waals surface area contributed by atoms with Crippen molar-refractivity contribution >= 4 is 29.0 Å². The molecule has 2 N–H and O–H groups in total. The van der Waals surface area contributed by atoms with Gasteiger partial charge in [-0.3, -0.25) is 9.69 Å². The van der Waals surface area contributed by atoms with Gasteiger partial charge in [-0.15, -0.1) is 0 Å². The van der Waals surface area contributed by atoms with E-state index in [1.165, 1.54) is 18.1 Å². The average molecular weight is 479 g/mol. The van der Waals surface area contributed by atoms with Crippen LogP contribution in [0.2, 0.25) is 0 Å². The number of anilines is 1. The standard InChI is InChI=1S/C23H24F2N2O5S/c1-12(2)23(29)19(21(28)30-3)20(15-6-4-13(24)10-16(15)25)26-22(33)27(23)14-5-7-17-18(11-14)32-9-8-31-17/h4-7,10-12,19-20,29H,8-9H2,1-3H3,(H,26,33). The number of thiocarbonyl (C=S) groups is 1. The zero-order chi connectivity index (χ0) is 23.9. The summed E-state index contributed by atoms with van der Waals surface area (Å²) in [5.41, 5.74) is -1.50. The van der Waals surface area contributed by atoms with Crippen LogP contribution < -0.4 is 19.7 Å². The summed E-state index contributed by atoms with van der Waals surface area (Å²) in [4.78, 5) is 14.4. The van der Waals surface area contributed by atoms with Crippen molar-refractivity contribution in [2.24, 2.45) is 11.8 Å². The Labute approximate surface area is 195 Å². The molecule has 0 spiro atoms. The van der Waals surface area contributed by atoms with E-state index in [2.05, 4.69) is 5.32 Å². The van der Waals surface area contributed by atoms with E-state index in [1.54, 1.807) is 32.0 Å². The number of carbonyl (C=O) groups is 1. The number of halogens is 2. The number of ether oxygens (including phenoxy) is 3. The molecular formula is C23H24F2N2O5S. The van der Waals surface area contributed by atoms with Crippen LogP contribution >= 0.6 is 12.2 Å². The fraction of sp³-hybridized carbons (Fsp3) is 0.391. The van der Waals surface area contributed by atoms with E-state index in [9.17, 15) is 18.7 Å². The van der Waals surface area contributed by atoms with Gasteiger partial charge in [0.2, 0.25) is 0 Å². The molecule has 33 heavy (non-hydrogen) atoms. The lowest BCUT2D eigenvalue weighted by atomic mass is 9.75. The molecule has 1 fully saturated rings. The number of methoxy groups -OCH3 is 1. The summed E-state index contributed by atoms with van der Waals surface area (Å²) in [6.07, 6.45) is 0. The van der Waals surface area contributed by atoms with Gasteiger partial charge in [0.1, 0.15) is 30.8 Å². The summed E-state index contributed by atoms with van der Waals surface area (Å²) < 4.78 is 44.6. The first-order valence-electron chi connectivity index (χ1n) is 10.4. The highest BCUT2D eigenvalue weighted by Gasteiger charge is 2.58. The Morgan fingerprint density at radius 3 is 2.55 bits per heavy atom. The fourth-order valence-corrected chi connectivity index (χ4v) is 4.77. The van der Waals surface area contributed by atoms with Gasteiger partial charge in [-0.2, -0.15) is 0 Å². The zero-order valence-corrected chi connectivity index (χ0v) is 19.1. The number of hydrogen-bond donors (Lipinski definition) is 2. The first-order chi connectivity index (χ1) is 15.7. The summed E-state index contributed by atoms with van der Waals surface area (Å²) >= 11 is 5.59. The Balaban J connectivity index is 1.87. The summed E-state index contributed by atoms with van der Waals surface area (Å²) in [5, 5.41) is 15.1. The van der Waals surface area contributed by atoms with Gasteiger partial charge < -0.3 is 24.6 Å². The molecule has 1 saturated heterocycles. The Kier molecular flexibility index (Phi) is 6.15. The molecule has 0 saturated carbocycles. The number of carbonyl (C=O) groups excluding carboxylic acids is 1. The lowest BCUT2D eigenvalue weighted by Gasteiger charge is -2.53. The van der Waals surface area contributed by atoms with Crippen molar-refractivity contribution in [1.29, 1.82) is 0 Å². The van der Waals surface area contributed by atoms with E-state index in [4.69, 9.17) is 26.4 Å². The van der Waals surface area contributed by atoms with Crippen molar-refractivity contribution in [3.63, 3.8) is 0 Å². The summed E-state index contributed by atoms with van der Waals surface area (Å²) in [7, 11) is 1.18. The second-order valence-corrected chi connectivity index (χ2v) is 8.58. The lowest BCUT2D eigenvalue weighted by Crippen LogP contribution is -2.71. The van der Waals surface area contributed by atoms with E-state index < -0.39 is 41.2 Å². The van der Waals surface area contributed by atoms with Crippen molar-refractivity contribution in [2.75, 3.05) is 25.2 Å². The Hall–Kier alpha value is -2.98. The molecule has 2 aromatic carbocycles. The van der Waals surface area contributed by atoms with Crippen LogP contribution in [-0.4, -0.2) is 42.2 Å². The minimum absolute atomic E-state index is 0.0185. The molecule has 2 aliphatic rings. The van der Waals surface area contributed by atoms with E-state index in [0.717, 1.165) is 12.1 Å². The fourth-order valence-electron chi connectivity index (χ4n) is 4.39. The number of nitrogens with one attached hydrogen (secondary N) is 1. The molecule has 10 heteroatoms. The molecule has 0 bridgehead atoms. The Morgan fingerprint density at radius 1 is 1.21 bits per heavy atom. The van der Waals surface area contributed by atoms with Crippen molar-refractivity contribution < 1.29 is 32.9 Å². The topological polar surface area (TPSA) is 80.3 Å². The number of aliphatic hydroxyl groups is 1. The van der Waals surface area contributed by atoms with Crippen LogP contribution in [0.4, 0.5) is 14.5 Å². The van der Waals surface area contributed by atoms with Crippen molar-refractivity contribution in [3.05, 3.63) is 53.6 Å². The Morgan fingerprint density at radius 2 is 1.91 bits per heavy atom. The van der Waals surface area contributed by atoms with Crippen molar-refractivity contribution in [2.45, 2.75) is 25.6 Å². The molecule has 0 radical (unpaired) electrons. The second kappa shape index (κ2) is 8.75. The number of nitrogens with zero attached hydrogens (tertiary/aromatic N) is 1. The third-order valence-electron chi connectivity index (χ3n) is 6.02. The van der Waals surface area contributed by atoms with E-state index in [0.29, 0.717) is 30.4 Å². The van der Waals surface area contributed by atoms with Crippen LogP contribution in [0.1, 0.15) is 25.5 Å². The number of benzene rings is 2. The van der Waals surface area contributed by atoms with Gasteiger partial charge in [-0.1, -0.05) is 19.9 Å². The van der Waals surface area contributed by atoms with Crippen LogP contribution in [0.5, 0.6) is 11.5 Å². The minimum Gasteiger partial charge on any atom is -0.486 e. The summed E-state index contributed by atoms with van der Waals surface area (Å²) in [6, 6.07) is 6.94. The predicted molar refractivity (Wildman–Crippen MR) is 120 cm³/mol. The van der Waals surface area contributed by atoms with Crippen LogP contribution in [0.25, 0.3) is 0 Å². The first-order valence-corrected chi connectivity index (χ1v) is 10.8. The molecule has 0 aliphatic carbocycles. The maximum absolute atomic E-state index is 14.8. The molecule has 2 aromatic rings. The summed E-state index contributed by atoms with van der Waals surface area (Å²) in [6.45, 7) is 4.21. The maximum atomic E-state index is 14.8. The molecular weight excluding hydrogens is 454 g/mol. The SMILES string of the molecule is COC(=O)C1C(c2ccc(F)cc2F)NC(=S)N(c2ccc3c(c2)OCCO3)C1(O)C(C)C. The molecule has 7 nitrogen and oxygen atoms in total. The van der Waals surface area contributed by atoms with Gasteiger partial charge in [0.15, 0.2) is 22.3 Å². The van der Waals surface area contributed by atoms with Crippen LogP contribution in [0.15, 0.2) is 36.4 Å². The Bertz CT molecular complexity index is 1100. The highest BCUT2D eigenvalue weighted by Crippen LogP contribution is 2.46. The molecule has 2 heterocycles. The quantitative estimate of drug-likeness (QED) is 0.512. The van der Waals surface area contributed by atoms with Gasteiger partial charge >= 0.3 is 5.97 Å². The first kappa shape index (κ1) is 23.2. The van der Waals surface area contributed by atoms with E-state index >= 15 is 0 Å². The molecule has 0 aromatic heterocycles. The third-order valence-corrected chi connectivity index (χ3v) is 6.32. The van der Waals surface area contributed by atoms with Crippen molar-refractivity contribution in [1.82, 2.24) is 5.32 Å². The number of esters is 1. The smallest absolute Gasteiger partial charge is 0.316 e. The van der Waals surface area contributed by atoms with E-state index in [-0.39, 0.29) is 10.7 Å². The minimum atomic E-state index is -1.93. The van der Waals surface area contributed by atoms with Gasteiger partial charge in [-0.25, -0.2) is 8.78 Å². The van der Waals surface area contributed by atoms with Gasteiger partial charge in [-0.05, 0) is 30.4 Å². The van der Waals surface area contributed by atoms with Crippen LogP contribution in [-0.2, 0) is 9.53 Å². The second-order valence-electron chi connectivity index (χ2n) is 8.19. The molecule has 2 aliphatic heterocycles.